The van der Waals surface area contributed by atoms with Crippen LogP contribution in [0.4, 0.5) is 17.6 Å². The lowest BCUT2D eigenvalue weighted by molar-refractivity contribution is -0.150. The van der Waals surface area contributed by atoms with Gasteiger partial charge in [0.1, 0.15) is 6.04 Å². The van der Waals surface area contributed by atoms with Crippen LogP contribution in [0.1, 0.15) is 37.9 Å². The first-order chi connectivity index (χ1) is 8.60. The van der Waals surface area contributed by atoms with E-state index in [1.165, 1.54) is 19.2 Å². The lowest BCUT2D eigenvalue weighted by atomic mass is 9.86. The standard InChI is InChI=1S/C14H19F4N/c1-13(2,3)10-7-5-9(6-8-10)11(19-4)14(17,18)12(15)16/h5-8,11-12,19H,1-4H3. The molecule has 0 fully saturated rings. The molecule has 0 saturated heterocycles. The Morgan fingerprint density at radius 1 is 1.00 bits per heavy atom. The molecular weight excluding hydrogens is 258 g/mol. The summed E-state index contributed by atoms with van der Waals surface area (Å²) >= 11 is 0. The Balaban J connectivity index is 3.08. The second kappa shape index (κ2) is 5.49. The van der Waals surface area contributed by atoms with Gasteiger partial charge in [0.15, 0.2) is 0 Å². The highest BCUT2D eigenvalue weighted by Gasteiger charge is 2.48. The Kier molecular flexibility index (Phi) is 4.61. The molecule has 1 rings (SSSR count). The number of hydrogen-bond acceptors (Lipinski definition) is 1. The molecule has 0 amide bonds. The average molecular weight is 277 g/mol. The topological polar surface area (TPSA) is 12.0 Å². The smallest absolute Gasteiger partial charge is 0.308 e. The summed E-state index contributed by atoms with van der Waals surface area (Å²) in [4.78, 5) is 0. The second-order valence-corrected chi connectivity index (χ2v) is 5.57. The van der Waals surface area contributed by atoms with Crippen molar-refractivity contribution >= 4 is 0 Å². The van der Waals surface area contributed by atoms with E-state index in [-0.39, 0.29) is 11.0 Å². The zero-order valence-corrected chi connectivity index (χ0v) is 11.5. The fourth-order valence-electron chi connectivity index (χ4n) is 1.88. The summed E-state index contributed by atoms with van der Waals surface area (Å²) < 4.78 is 51.7. The van der Waals surface area contributed by atoms with Crippen molar-refractivity contribution in [1.29, 1.82) is 0 Å². The van der Waals surface area contributed by atoms with E-state index in [0.29, 0.717) is 0 Å². The van der Waals surface area contributed by atoms with E-state index in [2.05, 4.69) is 5.32 Å². The Morgan fingerprint density at radius 2 is 1.47 bits per heavy atom. The van der Waals surface area contributed by atoms with Crippen molar-refractivity contribution in [2.24, 2.45) is 0 Å². The van der Waals surface area contributed by atoms with Gasteiger partial charge in [-0.1, -0.05) is 45.0 Å². The second-order valence-electron chi connectivity index (χ2n) is 5.57. The van der Waals surface area contributed by atoms with Crippen LogP contribution in [-0.2, 0) is 5.41 Å². The predicted octanol–water partition coefficient (Wildman–Crippen LogP) is 4.15. The number of halogens is 4. The third-order valence-electron chi connectivity index (χ3n) is 3.07. The SMILES string of the molecule is CNC(c1ccc(C(C)(C)C)cc1)C(F)(F)C(F)F. The molecule has 0 heterocycles. The summed E-state index contributed by atoms with van der Waals surface area (Å²) in [5.41, 5.74) is 1.01. The van der Waals surface area contributed by atoms with Crippen molar-refractivity contribution in [3.05, 3.63) is 35.4 Å². The minimum absolute atomic E-state index is 0.112. The highest BCUT2D eigenvalue weighted by Crippen LogP contribution is 2.37. The first-order valence-corrected chi connectivity index (χ1v) is 6.04. The fraction of sp³-hybridized carbons (Fsp3) is 0.571. The largest absolute Gasteiger partial charge is 0.326 e. The van der Waals surface area contributed by atoms with E-state index in [4.69, 9.17) is 0 Å². The van der Waals surface area contributed by atoms with Crippen LogP contribution in [-0.4, -0.2) is 19.4 Å². The van der Waals surface area contributed by atoms with E-state index in [1.54, 1.807) is 12.1 Å². The van der Waals surface area contributed by atoms with Gasteiger partial charge in [-0.3, -0.25) is 0 Å². The normalized spacial score (nSPS) is 14.8. The van der Waals surface area contributed by atoms with Crippen molar-refractivity contribution < 1.29 is 17.6 Å². The minimum Gasteiger partial charge on any atom is -0.308 e. The van der Waals surface area contributed by atoms with Crippen molar-refractivity contribution in [3.63, 3.8) is 0 Å². The fourth-order valence-corrected chi connectivity index (χ4v) is 1.88. The Bertz CT molecular complexity index is 406. The van der Waals surface area contributed by atoms with Crippen LogP contribution >= 0.6 is 0 Å². The maximum Gasteiger partial charge on any atom is 0.326 e. The van der Waals surface area contributed by atoms with Crippen LogP contribution in [0.3, 0.4) is 0 Å². The molecule has 5 heteroatoms. The minimum atomic E-state index is -4.10. The molecule has 0 aliphatic heterocycles. The average Bonchev–Trinajstić information content (AvgIpc) is 2.28. The quantitative estimate of drug-likeness (QED) is 0.815. The molecule has 1 aromatic rings. The number of rotatable bonds is 4. The Hall–Kier alpha value is -1.10. The van der Waals surface area contributed by atoms with Gasteiger partial charge in [0.2, 0.25) is 0 Å². The van der Waals surface area contributed by atoms with Crippen molar-refractivity contribution in [2.45, 2.75) is 44.6 Å². The first-order valence-electron chi connectivity index (χ1n) is 6.04. The maximum atomic E-state index is 13.4. The van der Waals surface area contributed by atoms with Gasteiger partial charge < -0.3 is 5.32 Å². The molecule has 0 radical (unpaired) electrons. The summed E-state index contributed by atoms with van der Waals surface area (Å²) in [5, 5.41) is 2.27. The number of alkyl halides is 4. The molecule has 0 saturated carbocycles. The van der Waals surface area contributed by atoms with E-state index in [0.717, 1.165) is 5.56 Å². The Morgan fingerprint density at radius 3 is 1.79 bits per heavy atom. The highest BCUT2D eigenvalue weighted by atomic mass is 19.3. The molecule has 19 heavy (non-hydrogen) atoms. The third kappa shape index (κ3) is 3.47. The lowest BCUT2D eigenvalue weighted by Gasteiger charge is -2.27. The zero-order chi connectivity index (χ0) is 14.8. The number of hydrogen-bond donors (Lipinski definition) is 1. The molecule has 0 aliphatic rings. The summed E-state index contributed by atoms with van der Waals surface area (Å²) in [6.07, 6.45) is -3.70. The van der Waals surface area contributed by atoms with Crippen molar-refractivity contribution in [3.8, 4) is 0 Å². The molecule has 1 unspecified atom stereocenters. The van der Waals surface area contributed by atoms with Crippen LogP contribution in [0.5, 0.6) is 0 Å². The van der Waals surface area contributed by atoms with Crippen LogP contribution in [0.25, 0.3) is 0 Å². The monoisotopic (exact) mass is 277 g/mol. The third-order valence-corrected chi connectivity index (χ3v) is 3.07. The van der Waals surface area contributed by atoms with Gasteiger partial charge in [0, 0.05) is 0 Å². The molecule has 108 valence electrons. The van der Waals surface area contributed by atoms with Crippen molar-refractivity contribution in [1.82, 2.24) is 5.32 Å². The summed E-state index contributed by atoms with van der Waals surface area (Å²) in [7, 11) is 1.25. The van der Waals surface area contributed by atoms with E-state index >= 15 is 0 Å². The maximum absolute atomic E-state index is 13.4. The van der Waals surface area contributed by atoms with E-state index < -0.39 is 18.4 Å². The van der Waals surface area contributed by atoms with E-state index in [1.807, 2.05) is 20.8 Å². The molecule has 0 spiro atoms. The highest BCUT2D eigenvalue weighted by molar-refractivity contribution is 5.30. The van der Waals surface area contributed by atoms with Gasteiger partial charge in [-0.15, -0.1) is 0 Å². The van der Waals surface area contributed by atoms with Gasteiger partial charge in [-0.2, -0.15) is 8.78 Å². The Labute approximate surface area is 111 Å². The molecule has 0 bridgehead atoms. The van der Waals surface area contributed by atoms with Crippen LogP contribution < -0.4 is 5.32 Å². The van der Waals surface area contributed by atoms with E-state index in [9.17, 15) is 17.6 Å². The molecule has 1 aromatic carbocycles. The lowest BCUT2D eigenvalue weighted by Crippen LogP contribution is -2.41. The van der Waals surface area contributed by atoms with Gasteiger partial charge >= 0.3 is 12.3 Å². The van der Waals surface area contributed by atoms with Crippen molar-refractivity contribution in [2.75, 3.05) is 7.05 Å². The van der Waals surface area contributed by atoms with Gasteiger partial charge in [-0.25, -0.2) is 8.78 Å². The molecule has 0 aromatic heterocycles. The van der Waals surface area contributed by atoms with Crippen LogP contribution in [0.15, 0.2) is 24.3 Å². The summed E-state index contributed by atoms with van der Waals surface area (Å²) in [5.74, 6) is -4.10. The molecule has 1 atom stereocenters. The number of nitrogens with one attached hydrogen (secondary N) is 1. The molecular formula is C14H19F4N. The molecule has 0 aliphatic carbocycles. The summed E-state index contributed by atoms with van der Waals surface area (Å²) in [6, 6.07) is 4.64. The zero-order valence-electron chi connectivity index (χ0n) is 11.5. The first kappa shape index (κ1) is 16.0. The summed E-state index contributed by atoms with van der Waals surface area (Å²) in [6.45, 7) is 5.97. The van der Waals surface area contributed by atoms with Crippen LogP contribution in [0.2, 0.25) is 0 Å². The molecule has 1 N–H and O–H groups in total. The van der Waals surface area contributed by atoms with Gasteiger partial charge in [0.05, 0.1) is 0 Å². The van der Waals surface area contributed by atoms with Crippen LogP contribution in [0, 0.1) is 0 Å². The van der Waals surface area contributed by atoms with Gasteiger partial charge in [0.25, 0.3) is 0 Å². The number of benzene rings is 1. The molecule has 1 nitrogen and oxygen atoms in total. The predicted molar refractivity (Wildman–Crippen MR) is 67.9 cm³/mol. The van der Waals surface area contributed by atoms with Gasteiger partial charge in [-0.05, 0) is 23.6 Å².